The summed E-state index contributed by atoms with van der Waals surface area (Å²) in [6, 6.07) is 30.4. The van der Waals surface area contributed by atoms with Crippen LogP contribution in [0.3, 0.4) is 0 Å². The molecule has 4 aromatic carbocycles. The van der Waals surface area contributed by atoms with Crippen molar-refractivity contribution in [3.8, 4) is 11.5 Å². The van der Waals surface area contributed by atoms with Crippen molar-refractivity contribution in [3.63, 3.8) is 0 Å². The zero-order chi connectivity index (χ0) is 28.8. The molecule has 5 rings (SSSR count). The number of carbonyl (C=O) groups is 3. The van der Waals surface area contributed by atoms with Crippen molar-refractivity contribution in [2.24, 2.45) is 0 Å². The third kappa shape index (κ3) is 6.48. The number of halogens is 1. The number of rotatable bonds is 10. The lowest BCUT2D eigenvalue weighted by Gasteiger charge is -2.16. The Labute approximate surface area is 243 Å². The van der Waals surface area contributed by atoms with Crippen molar-refractivity contribution < 1.29 is 19.1 Å². The summed E-state index contributed by atoms with van der Waals surface area (Å²) in [5, 5.41) is 5.58. The number of imide groups is 1. The molecule has 2 N–H and O–H groups in total. The molecule has 0 fully saturated rings. The van der Waals surface area contributed by atoms with E-state index < -0.39 is 11.8 Å². The molecule has 7 nitrogen and oxygen atoms in total. The van der Waals surface area contributed by atoms with E-state index >= 15 is 0 Å². The first-order chi connectivity index (χ1) is 19.9. The summed E-state index contributed by atoms with van der Waals surface area (Å²) in [5.74, 6) is -0.149. The number of nitrogens with one attached hydrogen (secondary N) is 2. The molecule has 0 atom stereocenters. The van der Waals surface area contributed by atoms with Gasteiger partial charge in [0, 0.05) is 16.9 Å². The molecule has 0 saturated heterocycles. The molecule has 41 heavy (non-hydrogen) atoms. The molecule has 1 aliphatic rings. The van der Waals surface area contributed by atoms with Crippen LogP contribution < -0.4 is 20.3 Å². The van der Waals surface area contributed by atoms with Gasteiger partial charge in [-0.2, -0.15) is 0 Å². The second-order valence-corrected chi connectivity index (χ2v) is 9.88. The number of para-hydroxylation sites is 1. The maximum Gasteiger partial charge on any atom is 0.283 e. The van der Waals surface area contributed by atoms with Gasteiger partial charge >= 0.3 is 0 Å². The van der Waals surface area contributed by atoms with Gasteiger partial charge in [0.25, 0.3) is 17.7 Å². The van der Waals surface area contributed by atoms with E-state index in [1.54, 1.807) is 60.7 Å². The minimum absolute atomic E-state index is 0.0433. The topological polar surface area (TPSA) is 87.7 Å². The van der Waals surface area contributed by atoms with Crippen LogP contribution in [0.15, 0.2) is 114 Å². The van der Waals surface area contributed by atoms with Crippen LogP contribution in [0.5, 0.6) is 11.5 Å². The maximum atomic E-state index is 13.2. The SMILES string of the molecule is CCCCc1ccc(N2C(=O)C(Cl)=C(Nc3cccc(C(=O)Nc4ccc(Oc5ccccc5)cc4)c3)C2=O)cc1. The summed E-state index contributed by atoms with van der Waals surface area (Å²) >= 11 is 6.31. The molecule has 3 amide bonds. The van der Waals surface area contributed by atoms with Gasteiger partial charge in [0.1, 0.15) is 22.2 Å². The van der Waals surface area contributed by atoms with Crippen LogP contribution in [0.25, 0.3) is 0 Å². The van der Waals surface area contributed by atoms with E-state index in [0.29, 0.717) is 28.4 Å². The van der Waals surface area contributed by atoms with Crippen LogP contribution in [0.1, 0.15) is 35.7 Å². The van der Waals surface area contributed by atoms with Crippen molar-refractivity contribution >= 4 is 46.4 Å². The minimum atomic E-state index is -0.603. The number of hydrogen-bond acceptors (Lipinski definition) is 5. The number of carbonyl (C=O) groups excluding carboxylic acids is 3. The number of nitrogens with zero attached hydrogens (tertiary/aromatic N) is 1. The smallest absolute Gasteiger partial charge is 0.283 e. The molecule has 0 bridgehead atoms. The van der Waals surface area contributed by atoms with Gasteiger partial charge in [0.2, 0.25) is 0 Å². The Morgan fingerprint density at radius 1 is 0.805 bits per heavy atom. The highest BCUT2D eigenvalue weighted by Gasteiger charge is 2.39. The molecule has 1 aliphatic heterocycles. The zero-order valence-corrected chi connectivity index (χ0v) is 23.2. The van der Waals surface area contributed by atoms with Gasteiger partial charge in [-0.1, -0.05) is 61.3 Å². The van der Waals surface area contributed by atoms with Gasteiger partial charge in [-0.15, -0.1) is 0 Å². The monoisotopic (exact) mass is 565 g/mol. The van der Waals surface area contributed by atoms with Gasteiger partial charge in [0.15, 0.2) is 0 Å². The normalized spacial score (nSPS) is 13.0. The Hall–Kier alpha value is -4.88. The van der Waals surface area contributed by atoms with E-state index in [0.717, 1.165) is 35.5 Å². The van der Waals surface area contributed by atoms with E-state index in [4.69, 9.17) is 16.3 Å². The predicted molar refractivity (Wildman–Crippen MR) is 161 cm³/mol. The highest BCUT2D eigenvalue weighted by Crippen LogP contribution is 2.31. The molecule has 8 heteroatoms. The fourth-order valence-corrected chi connectivity index (χ4v) is 4.57. The highest BCUT2D eigenvalue weighted by atomic mass is 35.5. The maximum absolute atomic E-state index is 13.2. The van der Waals surface area contributed by atoms with Gasteiger partial charge in [-0.3, -0.25) is 14.4 Å². The first kappa shape index (κ1) is 27.7. The number of unbranched alkanes of at least 4 members (excludes halogenated alkanes) is 1. The molecule has 0 aliphatic carbocycles. The van der Waals surface area contributed by atoms with Crippen LogP contribution in [-0.4, -0.2) is 17.7 Å². The Balaban J connectivity index is 1.24. The van der Waals surface area contributed by atoms with Gasteiger partial charge in [-0.05, 0) is 85.1 Å². The lowest BCUT2D eigenvalue weighted by Crippen LogP contribution is -2.32. The Kier molecular flexibility index (Phi) is 8.46. The Morgan fingerprint density at radius 2 is 1.51 bits per heavy atom. The van der Waals surface area contributed by atoms with E-state index in [9.17, 15) is 14.4 Å². The number of hydrogen-bond donors (Lipinski definition) is 2. The average Bonchev–Trinajstić information content (AvgIpc) is 3.20. The van der Waals surface area contributed by atoms with Crippen molar-refractivity contribution in [1.29, 1.82) is 0 Å². The summed E-state index contributed by atoms with van der Waals surface area (Å²) in [7, 11) is 0. The number of ether oxygens (including phenoxy) is 1. The van der Waals surface area contributed by atoms with E-state index in [-0.39, 0.29) is 16.6 Å². The molecule has 0 unspecified atom stereocenters. The number of anilines is 3. The van der Waals surface area contributed by atoms with E-state index in [1.165, 1.54) is 0 Å². The number of amides is 3. The molecule has 0 spiro atoms. The van der Waals surface area contributed by atoms with Crippen LogP contribution in [0.2, 0.25) is 0 Å². The molecular formula is C33H28ClN3O4. The molecule has 0 saturated carbocycles. The molecule has 1 heterocycles. The summed E-state index contributed by atoms with van der Waals surface area (Å²) in [5.41, 5.74) is 2.93. The number of aryl methyl sites for hydroxylation is 1. The highest BCUT2D eigenvalue weighted by molar-refractivity contribution is 6.53. The summed E-state index contributed by atoms with van der Waals surface area (Å²) in [4.78, 5) is 40.1. The average molecular weight is 566 g/mol. The predicted octanol–water partition coefficient (Wildman–Crippen LogP) is 7.51. The van der Waals surface area contributed by atoms with E-state index in [1.807, 2.05) is 42.5 Å². The first-order valence-electron chi connectivity index (χ1n) is 13.3. The van der Waals surface area contributed by atoms with Crippen LogP contribution >= 0.6 is 11.6 Å². The van der Waals surface area contributed by atoms with Gasteiger partial charge in [0.05, 0.1) is 5.69 Å². The first-order valence-corrected chi connectivity index (χ1v) is 13.7. The lowest BCUT2D eigenvalue weighted by molar-refractivity contribution is -0.120. The second kappa shape index (κ2) is 12.5. The number of benzene rings is 4. The largest absolute Gasteiger partial charge is 0.457 e. The molecule has 0 radical (unpaired) electrons. The van der Waals surface area contributed by atoms with Crippen molar-refractivity contribution in [1.82, 2.24) is 0 Å². The third-order valence-electron chi connectivity index (χ3n) is 6.53. The zero-order valence-electron chi connectivity index (χ0n) is 22.4. The van der Waals surface area contributed by atoms with Gasteiger partial charge < -0.3 is 15.4 Å². The summed E-state index contributed by atoms with van der Waals surface area (Å²) < 4.78 is 5.79. The van der Waals surface area contributed by atoms with Crippen molar-refractivity contribution in [3.05, 3.63) is 125 Å². The molecule has 206 valence electrons. The fraction of sp³-hybridized carbons (Fsp3) is 0.121. The fourth-order valence-electron chi connectivity index (χ4n) is 4.36. The van der Waals surface area contributed by atoms with Crippen LogP contribution in [0, 0.1) is 0 Å². The third-order valence-corrected chi connectivity index (χ3v) is 6.88. The molecular weight excluding hydrogens is 538 g/mol. The quantitative estimate of drug-likeness (QED) is 0.194. The Bertz CT molecular complexity index is 1600. The standard InChI is InChI=1S/C33H28ClN3O4/c1-2-3-8-22-13-17-26(18-14-22)37-32(39)29(34)30(33(37)40)35-25-10-7-9-23(21-25)31(38)36-24-15-19-28(20-16-24)41-27-11-5-4-6-12-27/h4-7,9-21,35H,2-3,8H2,1H3,(H,36,38). The molecule has 4 aromatic rings. The molecule has 0 aromatic heterocycles. The summed E-state index contributed by atoms with van der Waals surface area (Å²) in [6.07, 6.45) is 3.08. The Morgan fingerprint density at radius 3 is 2.22 bits per heavy atom. The van der Waals surface area contributed by atoms with E-state index in [2.05, 4.69) is 17.6 Å². The van der Waals surface area contributed by atoms with Crippen LogP contribution in [0.4, 0.5) is 17.1 Å². The van der Waals surface area contributed by atoms with Crippen molar-refractivity contribution in [2.45, 2.75) is 26.2 Å². The second-order valence-electron chi connectivity index (χ2n) is 9.50. The summed E-state index contributed by atoms with van der Waals surface area (Å²) in [6.45, 7) is 2.13. The van der Waals surface area contributed by atoms with Crippen molar-refractivity contribution in [2.75, 3.05) is 15.5 Å². The van der Waals surface area contributed by atoms with Crippen LogP contribution in [-0.2, 0) is 16.0 Å². The van der Waals surface area contributed by atoms with Gasteiger partial charge in [-0.25, -0.2) is 4.90 Å². The minimum Gasteiger partial charge on any atom is -0.457 e. The lowest BCUT2D eigenvalue weighted by atomic mass is 10.1.